The SMILES string of the molecule is CC(=O)NCC1CN(CC2CCCO2)CCO1. The molecule has 2 saturated heterocycles. The molecule has 2 fully saturated rings. The van der Waals surface area contributed by atoms with Gasteiger partial charge in [0.2, 0.25) is 5.91 Å². The molecule has 2 heterocycles. The molecule has 0 aromatic carbocycles. The van der Waals surface area contributed by atoms with Crippen molar-refractivity contribution in [3.05, 3.63) is 0 Å². The molecule has 0 aliphatic carbocycles. The number of morpholine rings is 1. The van der Waals surface area contributed by atoms with Gasteiger partial charge in [0.15, 0.2) is 0 Å². The van der Waals surface area contributed by atoms with E-state index in [1.54, 1.807) is 0 Å². The molecule has 5 nitrogen and oxygen atoms in total. The maximum Gasteiger partial charge on any atom is 0.216 e. The third kappa shape index (κ3) is 4.26. The molecule has 5 heteroatoms. The summed E-state index contributed by atoms with van der Waals surface area (Å²) in [5, 5.41) is 2.81. The Hall–Kier alpha value is -0.650. The Morgan fingerprint density at radius 3 is 2.88 bits per heavy atom. The zero-order valence-electron chi connectivity index (χ0n) is 10.5. The van der Waals surface area contributed by atoms with E-state index in [9.17, 15) is 4.79 Å². The van der Waals surface area contributed by atoms with E-state index in [1.807, 2.05) is 0 Å². The van der Waals surface area contributed by atoms with Gasteiger partial charge in [-0.15, -0.1) is 0 Å². The number of hydrogen-bond donors (Lipinski definition) is 1. The van der Waals surface area contributed by atoms with Crippen molar-refractivity contribution < 1.29 is 14.3 Å². The summed E-state index contributed by atoms with van der Waals surface area (Å²) in [5.74, 6) is 0.00449. The van der Waals surface area contributed by atoms with Crippen LogP contribution in [0.5, 0.6) is 0 Å². The van der Waals surface area contributed by atoms with Crippen LogP contribution in [0.25, 0.3) is 0 Å². The van der Waals surface area contributed by atoms with Crippen LogP contribution < -0.4 is 5.32 Å². The summed E-state index contributed by atoms with van der Waals surface area (Å²) in [6.45, 7) is 6.65. The molecule has 2 rings (SSSR count). The van der Waals surface area contributed by atoms with E-state index in [2.05, 4.69) is 10.2 Å². The van der Waals surface area contributed by atoms with Crippen LogP contribution in [-0.4, -0.2) is 62.4 Å². The molecule has 2 aliphatic heterocycles. The van der Waals surface area contributed by atoms with Crippen LogP contribution in [0.3, 0.4) is 0 Å². The first-order valence-corrected chi connectivity index (χ1v) is 6.44. The van der Waals surface area contributed by atoms with Crippen molar-refractivity contribution in [1.29, 1.82) is 0 Å². The van der Waals surface area contributed by atoms with Crippen LogP contribution in [0, 0.1) is 0 Å². The highest BCUT2D eigenvalue weighted by molar-refractivity contribution is 5.72. The van der Waals surface area contributed by atoms with Crippen molar-refractivity contribution in [2.24, 2.45) is 0 Å². The minimum absolute atomic E-state index is 0.00449. The second kappa shape index (κ2) is 6.33. The maximum absolute atomic E-state index is 10.8. The molecule has 2 atom stereocenters. The Kier molecular flexibility index (Phi) is 4.76. The zero-order chi connectivity index (χ0) is 12.1. The van der Waals surface area contributed by atoms with E-state index in [1.165, 1.54) is 19.8 Å². The average molecular weight is 242 g/mol. The fraction of sp³-hybridized carbons (Fsp3) is 0.917. The lowest BCUT2D eigenvalue weighted by atomic mass is 10.2. The molecule has 0 bridgehead atoms. The van der Waals surface area contributed by atoms with Crippen molar-refractivity contribution in [2.75, 3.05) is 39.4 Å². The highest BCUT2D eigenvalue weighted by Crippen LogP contribution is 2.15. The van der Waals surface area contributed by atoms with Gasteiger partial charge in [0.25, 0.3) is 0 Å². The van der Waals surface area contributed by atoms with Gasteiger partial charge in [0.05, 0.1) is 18.8 Å². The quantitative estimate of drug-likeness (QED) is 0.754. The van der Waals surface area contributed by atoms with Gasteiger partial charge >= 0.3 is 0 Å². The van der Waals surface area contributed by atoms with Crippen LogP contribution in [-0.2, 0) is 14.3 Å². The van der Waals surface area contributed by atoms with E-state index in [-0.39, 0.29) is 12.0 Å². The normalized spacial score (nSPS) is 30.4. The molecular weight excluding hydrogens is 220 g/mol. The maximum atomic E-state index is 10.8. The lowest BCUT2D eigenvalue weighted by molar-refractivity contribution is -0.120. The highest BCUT2D eigenvalue weighted by atomic mass is 16.5. The minimum atomic E-state index is 0.00449. The fourth-order valence-electron chi connectivity index (χ4n) is 2.40. The highest BCUT2D eigenvalue weighted by Gasteiger charge is 2.24. The average Bonchev–Trinajstić information content (AvgIpc) is 2.80. The summed E-state index contributed by atoms with van der Waals surface area (Å²) in [5.41, 5.74) is 0. The molecule has 0 aromatic rings. The summed E-state index contributed by atoms with van der Waals surface area (Å²) < 4.78 is 11.3. The van der Waals surface area contributed by atoms with E-state index in [0.717, 1.165) is 32.8 Å². The number of rotatable bonds is 4. The smallest absolute Gasteiger partial charge is 0.216 e. The number of hydrogen-bond acceptors (Lipinski definition) is 4. The Bertz CT molecular complexity index is 254. The predicted octanol–water partition coefficient (Wildman–Crippen LogP) is 0.00230. The minimum Gasteiger partial charge on any atom is -0.377 e. The molecule has 2 unspecified atom stereocenters. The second-order valence-corrected chi connectivity index (χ2v) is 4.82. The topological polar surface area (TPSA) is 50.8 Å². The van der Waals surface area contributed by atoms with Crippen molar-refractivity contribution in [3.8, 4) is 0 Å². The van der Waals surface area contributed by atoms with Crippen LogP contribution in [0.2, 0.25) is 0 Å². The number of nitrogens with one attached hydrogen (secondary N) is 1. The van der Waals surface area contributed by atoms with E-state index in [0.29, 0.717) is 12.6 Å². The number of nitrogens with zero attached hydrogens (tertiary/aromatic N) is 1. The number of ether oxygens (including phenoxy) is 2. The van der Waals surface area contributed by atoms with E-state index >= 15 is 0 Å². The molecule has 0 radical (unpaired) electrons. The standard InChI is InChI=1S/C12H22N2O3/c1-10(15)13-7-12-9-14(4-6-17-12)8-11-3-2-5-16-11/h11-12H,2-9H2,1H3,(H,13,15). The fourth-order valence-corrected chi connectivity index (χ4v) is 2.40. The van der Waals surface area contributed by atoms with E-state index in [4.69, 9.17) is 9.47 Å². The van der Waals surface area contributed by atoms with Gasteiger partial charge in [-0.3, -0.25) is 9.69 Å². The lowest BCUT2D eigenvalue weighted by Gasteiger charge is -2.34. The predicted molar refractivity (Wildman–Crippen MR) is 63.8 cm³/mol. The van der Waals surface area contributed by atoms with Crippen LogP contribution in [0.1, 0.15) is 19.8 Å². The van der Waals surface area contributed by atoms with Crippen molar-refractivity contribution >= 4 is 5.91 Å². The summed E-state index contributed by atoms with van der Waals surface area (Å²) in [4.78, 5) is 13.2. The van der Waals surface area contributed by atoms with E-state index < -0.39 is 0 Å². The van der Waals surface area contributed by atoms with Crippen LogP contribution >= 0.6 is 0 Å². The van der Waals surface area contributed by atoms with Crippen molar-refractivity contribution in [1.82, 2.24) is 10.2 Å². The lowest BCUT2D eigenvalue weighted by Crippen LogP contribution is -2.49. The van der Waals surface area contributed by atoms with Gasteiger partial charge in [-0.05, 0) is 12.8 Å². The molecule has 17 heavy (non-hydrogen) atoms. The van der Waals surface area contributed by atoms with Crippen molar-refractivity contribution in [2.45, 2.75) is 32.0 Å². The Labute approximate surface area is 102 Å². The first kappa shape index (κ1) is 12.8. The van der Waals surface area contributed by atoms with Gasteiger partial charge in [-0.25, -0.2) is 0 Å². The Balaban J connectivity index is 1.70. The van der Waals surface area contributed by atoms with Gasteiger partial charge in [-0.1, -0.05) is 0 Å². The monoisotopic (exact) mass is 242 g/mol. The van der Waals surface area contributed by atoms with Gasteiger partial charge in [0, 0.05) is 39.7 Å². The number of amides is 1. The summed E-state index contributed by atoms with van der Waals surface area (Å²) in [7, 11) is 0. The molecule has 0 saturated carbocycles. The molecule has 1 N–H and O–H groups in total. The first-order valence-electron chi connectivity index (χ1n) is 6.44. The van der Waals surface area contributed by atoms with Crippen LogP contribution in [0.15, 0.2) is 0 Å². The van der Waals surface area contributed by atoms with Crippen molar-refractivity contribution in [3.63, 3.8) is 0 Å². The summed E-state index contributed by atoms with van der Waals surface area (Å²) in [6, 6.07) is 0. The first-order chi connectivity index (χ1) is 8.24. The molecule has 2 aliphatic rings. The van der Waals surface area contributed by atoms with Gasteiger partial charge in [0.1, 0.15) is 0 Å². The largest absolute Gasteiger partial charge is 0.377 e. The van der Waals surface area contributed by atoms with Gasteiger partial charge in [-0.2, -0.15) is 0 Å². The summed E-state index contributed by atoms with van der Waals surface area (Å²) >= 11 is 0. The molecule has 98 valence electrons. The number of carbonyl (C=O) groups is 1. The second-order valence-electron chi connectivity index (χ2n) is 4.82. The van der Waals surface area contributed by atoms with Gasteiger partial charge < -0.3 is 14.8 Å². The third-order valence-electron chi connectivity index (χ3n) is 3.29. The Morgan fingerprint density at radius 1 is 1.35 bits per heavy atom. The zero-order valence-corrected chi connectivity index (χ0v) is 10.5. The Morgan fingerprint density at radius 2 is 2.18 bits per heavy atom. The molecule has 0 aromatic heterocycles. The van der Waals surface area contributed by atoms with Crippen LogP contribution in [0.4, 0.5) is 0 Å². The molecular formula is C12H22N2O3. The third-order valence-corrected chi connectivity index (χ3v) is 3.29. The molecule has 0 spiro atoms. The molecule has 1 amide bonds. The number of carbonyl (C=O) groups excluding carboxylic acids is 1. The summed E-state index contributed by atoms with van der Waals surface area (Å²) in [6.07, 6.45) is 2.88.